The molecule has 0 saturated carbocycles. The van der Waals surface area contributed by atoms with Crippen LogP contribution in [0.5, 0.6) is 23.0 Å². The Kier molecular flexibility index (Phi) is 9.74. The molecule has 5 heteroatoms. The number of nitrogens with zero attached hydrogens (tertiary/aromatic N) is 1. The van der Waals surface area contributed by atoms with Crippen molar-refractivity contribution >= 4 is 0 Å². The number of unbranched alkanes of at least 4 members (excludes halogenated alkanes) is 5. The average molecular weight is 456 g/mol. The van der Waals surface area contributed by atoms with Crippen molar-refractivity contribution in [2.24, 2.45) is 0 Å². The monoisotopic (exact) mass is 455 g/mol. The molecule has 2 aromatic rings. The summed E-state index contributed by atoms with van der Waals surface area (Å²) in [5, 5.41) is 0. The molecule has 0 amide bonds. The van der Waals surface area contributed by atoms with E-state index in [1.807, 2.05) is 6.07 Å². The van der Waals surface area contributed by atoms with Crippen LogP contribution in [0.15, 0.2) is 30.3 Å². The van der Waals surface area contributed by atoms with Crippen molar-refractivity contribution in [2.45, 2.75) is 64.3 Å². The predicted molar refractivity (Wildman–Crippen MR) is 134 cm³/mol. The standard InChI is InChI=1S/C28H41NO4/c1-6-7-8-9-10-11-15-29-16-14-22-19-27(32-4)28(33-5)20-23(22)24(29)17-21-12-13-25(30-2)26(18-21)31-3/h12-13,18-20,24H,6-11,14-17H2,1-5H3. The topological polar surface area (TPSA) is 40.2 Å². The summed E-state index contributed by atoms with van der Waals surface area (Å²) in [4.78, 5) is 2.66. The van der Waals surface area contributed by atoms with Gasteiger partial charge in [0.05, 0.1) is 28.4 Å². The molecule has 0 radical (unpaired) electrons. The van der Waals surface area contributed by atoms with Crippen LogP contribution in [0.4, 0.5) is 0 Å². The van der Waals surface area contributed by atoms with Gasteiger partial charge < -0.3 is 18.9 Å². The van der Waals surface area contributed by atoms with Crippen LogP contribution in [0, 0.1) is 0 Å². The van der Waals surface area contributed by atoms with Crippen LogP contribution in [-0.4, -0.2) is 46.4 Å². The quantitative estimate of drug-likeness (QED) is 0.335. The lowest BCUT2D eigenvalue weighted by atomic mass is 9.87. The molecule has 0 N–H and O–H groups in total. The molecule has 0 aliphatic carbocycles. The van der Waals surface area contributed by atoms with Crippen LogP contribution in [-0.2, 0) is 12.8 Å². The summed E-state index contributed by atoms with van der Waals surface area (Å²) in [6.45, 7) is 4.46. The molecule has 0 bridgehead atoms. The number of fused-ring (bicyclic) bond motifs is 1. The van der Waals surface area contributed by atoms with E-state index in [1.165, 1.54) is 55.2 Å². The molecule has 33 heavy (non-hydrogen) atoms. The number of benzene rings is 2. The van der Waals surface area contributed by atoms with Gasteiger partial charge in [0.2, 0.25) is 0 Å². The maximum absolute atomic E-state index is 5.66. The van der Waals surface area contributed by atoms with Gasteiger partial charge in [-0.1, -0.05) is 45.1 Å². The second kappa shape index (κ2) is 12.7. The first-order chi connectivity index (χ1) is 16.1. The first-order valence-electron chi connectivity index (χ1n) is 12.3. The van der Waals surface area contributed by atoms with Crippen molar-refractivity contribution < 1.29 is 18.9 Å². The summed E-state index contributed by atoms with van der Waals surface area (Å²) in [7, 11) is 6.79. The minimum atomic E-state index is 0.294. The Labute approximate surface area is 200 Å². The zero-order valence-electron chi connectivity index (χ0n) is 21.1. The van der Waals surface area contributed by atoms with Gasteiger partial charge in [0.25, 0.3) is 0 Å². The fourth-order valence-electron chi connectivity index (χ4n) is 4.91. The molecule has 0 saturated heterocycles. The number of hydrogen-bond donors (Lipinski definition) is 0. The molecule has 1 unspecified atom stereocenters. The van der Waals surface area contributed by atoms with Crippen molar-refractivity contribution in [3.63, 3.8) is 0 Å². The molecular weight excluding hydrogens is 414 g/mol. The maximum Gasteiger partial charge on any atom is 0.161 e. The predicted octanol–water partition coefficient (Wildman–Crippen LogP) is 6.22. The van der Waals surface area contributed by atoms with Crippen molar-refractivity contribution in [1.82, 2.24) is 4.90 Å². The van der Waals surface area contributed by atoms with Gasteiger partial charge >= 0.3 is 0 Å². The number of ether oxygens (including phenoxy) is 4. The Morgan fingerprint density at radius 2 is 1.39 bits per heavy atom. The Hall–Kier alpha value is -2.40. The van der Waals surface area contributed by atoms with Crippen LogP contribution in [0.1, 0.15) is 68.2 Å². The van der Waals surface area contributed by atoms with Crippen molar-refractivity contribution in [3.05, 3.63) is 47.0 Å². The van der Waals surface area contributed by atoms with Crippen molar-refractivity contribution in [1.29, 1.82) is 0 Å². The summed E-state index contributed by atoms with van der Waals surface area (Å²) in [5.74, 6) is 3.15. The SMILES string of the molecule is CCCCCCCCN1CCc2cc(OC)c(OC)cc2C1Cc1ccc(OC)c(OC)c1. The molecule has 0 aromatic heterocycles. The molecule has 3 rings (SSSR count). The van der Waals surface area contributed by atoms with Gasteiger partial charge in [-0.3, -0.25) is 4.90 Å². The third-order valence-corrected chi connectivity index (χ3v) is 6.79. The summed E-state index contributed by atoms with van der Waals surface area (Å²) in [6.07, 6.45) is 9.83. The first-order valence-corrected chi connectivity index (χ1v) is 12.3. The van der Waals surface area contributed by atoms with E-state index in [2.05, 4.69) is 36.1 Å². The van der Waals surface area contributed by atoms with Crippen molar-refractivity contribution in [2.75, 3.05) is 41.5 Å². The number of hydrogen-bond acceptors (Lipinski definition) is 5. The molecule has 0 spiro atoms. The maximum atomic E-state index is 5.66. The van der Waals surface area contributed by atoms with E-state index in [-0.39, 0.29) is 0 Å². The van der Waals surface area contributed by atoms with Gasteiger partial charge in [-0.15, -0.1) is 0 Å². The third kappa shape index (κ3) is 6.35. The molecule has 5 nitrogen and oxygen atoms in total. The highest BCUT2D eigenvalue weighted by atomic mass is 16.5. The van der Waals surface area contributed by atoms with E-state index in [1.54, 1.807) is 28.4 Å². The summed E-state index contributed by atoms with van der Waals surface area (Å²) < 4.78 is 22.2. The van der Waals surface area contributed by atoms with Gasteiger partial charge in [0.15, 0.2) is 23.0 Å². The van der Waals surface area contributed by atoms with E-state index >= 15 is 0 Å². The summed E-state index contributed by atoms with van der Waals surface area (Å²) >= 11 is 0. The lowest BCUT2D eigenvalue weighted by molar-refractivity contribution is 0.178. The Balaban J connectivity index is 1.85. The molecule has 1 heterocycles. The lowest BCUT2D eigenvalue weighted by Crippen LogP contribution is -2.37. The largest absolute Gasteiger partial charge is 0.493 e. The molecule has 2 aromatic carbocycles. The van der Waals surface area contributed by atoms with E-state index < -0.39 is 0 Å². The highest BCUT2D eigenvalue weighted by molar-refractivity contribution is 5.50. The van der Waals surface area contributed by atoms with Gasteiger partial charge in [-0.2, -0.15) is 0 Å². The van der Waals surface area contributed by atoms with Crippen molar-refractivity contribution in [3.8, 4) is 23.0 Å². The van der Waals surface area contributed by atoms with Crippen LogP contribution in [0.25, 0.3) is 0 Å². The van der Waals surface area contributed by atoms with E-state index in [0.717, 1.165) is 48.9 Å². The lowest BCUT2D eigenvalue weighted by Gasteiger charge is -2.38. The first kappa shape index (κ1) is 25.2. The summed E-state index contributed by atoms with van der Waals surface area (Å²) in [5.41, 5.74) is 3.95. The fourth-order valence-corrected chi connectivity index (χ4v) is 4.91. The normalized spacial score (nSPS) is 15.7. The molecule has 182 valence electrons. The highest BCUT2D eigenvalue weighted by Crippen LogP contribution is 2.40. The van der Waals surface area contributed by atoms with E-state index in [9.17, 15) is 0 Å². The van der Waals surface area contributed by atoms with E-state index in [0.29, 0.717) is 6.04 Å². The summed E-state index contributed by atoms with van der Waals surface area (Å²) in [6, 6.07) is 10.9. The zero-order valence-corrected chi connectivity index (χ0v) is 21.1. The van der Waals surface area contributed by atoms with E-state index in [4.69, 9.17) is 18.9 Å². The highest BCUT2D eigenvalue weighted by Gasteiger charge is 2.29. The number of methoxy groups -OCH3 is 4. The molecular formula is C28H41NO4. The molecule has 1 aliphatic heterocycles. The fraction of sp³-hybridized carbons (Fsp3) is 0.571. The Morgan fingerprint density at radius 1 is 0.758 bits per heavy atom. The van der Waals surface area contributed by atoms with Crippen LogP contribution >= 0.6 is 0 Å². The zero-order chi connectivity index (χ0) is 23.6. The van der Waals surface area contributed by atoms with Gasteiger partial charge in [-0.25, -0.2) is 0 Å². The van der Waals surface area contributed by atoms with Crippen LogP contribution in [0.2, 0.25) is 0 Å². The van der Waals surface area contributed by atoms with Gasteiger partial charge in [0, 0.05) is 12.6 Å². The van der Waals surface area contributed by atoms with Crippen LogP contribution < -0.4 is 18.9 Å². The Bertz CT molecular complexity index is 882. The second-order valence-electron chi connectivity index (χ2n) is 8.87. The molecule has 1 atom stereocenters. The number of rotatable bonds is 13. The smallest absolute Gasteiger partial charge is 0.161 e. The minimum absolute atomic E-state index is 0.294. The minimum Gasteiger partial charge on any atom is -0.493 e. The second-order valence-corrected chi connectivity index (χ2v) is 8.87. The van der Waals surface area contributed by atoms with Gasteiger partial charge in [-0.05, 0) is 66.8 Å². The van der Waals surface area contributed by atoms with Crippen LogP contribution in [0.3, 0.4) is 0 Å². The molecule has 1 aliphatic rings. The third-order valence-electron chi connectivity index (χ3n) is 6.79. The Morgan fingerprint density at radius 3 is 2.09 bits per heavy atom. The molecule has 0 fully saturated rings. The van der Waals surface area contributed by atoms with Gasteiger partial charge in [0.1, 0.15) is 0 Å². The average Bonchev–Trinajstić information content (AvgIpc) is 2.86.